The number of anilines is 1. The van der Waals surface area contributed by atoms with Crippen LogP contribution in [0.2, 0.25) is 0 Å². The fraction of sp³-hybridized carbons (Fsp3) is 0.273. The number of aromatic nitrogens is 2. The summed E-state index contributed by atoms with van der Waals surface area (Å²) in [5.74, 6) is 1.76. The minimum absolute atomic E-state index is 0.248. The molecule has 0 saturated carbocycles. The Labute approximate surface area is 102 Å². The molecule has 1 N–H and O–H groups in total. The first-order valence-corrected chi connectivity index (χ1v) is 5.79. The Morgan fingerprint density at radius 3 is 3.12 bits per heavy atom. The second-order valence-corrected chi connectivity index (χ2v) is 4.40. The van der Waals surface area contributed by atoms with Crippen LogP contribution in [0.1, 0.15) is 12.7 Å². The normalized spacial score (nSPS) is 12.4. The van der Waals surface area contributed by atoms with E-state index in [-0.39, 0.29) is 6.04 Å². The third-order valence-electron chi connectivity index (χ3n) is 2.14. The molecule has 0 bridgehead atoms. The third kappa shape index (κ3) is 2.82. The standard InChI is InChI=1S/C11H12BrN3O/c1-8(5-9-3-2-4-16-9)15-11-10(12)6-13-7-14-11/h2-4,6-8H,5H2,1H3,(H,13,14,15). The highest BCUT2D eigenvalue weighted by Crippen LogP contribution is 2.18. The summed E-state index contributed by atoms with van der Waals surface area (Å²) >= 11 is 3.39. The SMILES string of the molecule is CC(Cc1ccco1)Nc1ncncc1Br. The molecule has 16 heavy (non-hydrogen) atoms. The van der Waals surface area contributed by atoms with Crippen LogP contribution in [0.4, 0.5) is 5.82 Å². The van der Waals surface area contributed by atoms with Crippen molar-refractivity contribution in [2.75, 3.05) is 5.32 Å². The zero-order chi connectivity index (χ0) is 11.4. The van der Waals surface area contributed by atoms with Gasteiger partial charge in [-0.15, -0.1) is 0 Å². The van der Waals surface area contributed by atoms with Crippen LogP contribution in [0.3, 0.4) is 0 Å². The Morgan fingerprint density at radius 1 is 1.56 bits per heavy atom. The number of halogens is 1. The Bertz CT molecular complexity index is 444. The molecule has 0 fully saturated rings. The molecule has 1 unspecified atom stereocenters. The number of furan rings is 1. The maximum absolute atomic E-state index is 5.29. The molecule has 0 radical (unpaired) electrons. The van der Waals surface area contributed by atoms with Crippen molar-refractivity contribution >= 4 is 21.7 Å². The highest BCUT2D eigenvalue weighted by atomic mass is 79.9. The molecule has 0 spiro atoms. The first-order valence-electron chi connectivity index (χ1n) is 5.00. The van der Waals surface area contributed by atoms with Gasteiger partial charge in [0.2, 0.25) is 0 Å². The topological polar surface area (TPSA) is 51.0 Å². The van der Waals surface area contributed by atoms with Gasteiger partial charge in [-0.2, -0.15) is 0 Å². The predicted molar refractivity (Wildman–Crippen MR) is 65.2 cm³/mol. The van der Waals surface area contributed by atoms with Crippen LogP contribution in [0.25, 0.3) is 0 Å². The smallest absolute Gasteiger partial charge is 0.143 e. The maximum Gasteiger partial charge on any atom is 0.143 e. The van der Waals surface area contributed by atoms with Gasteiger partial charge in [-0.1, -0.05) is 0 Å². The predicted octanol–water partition coefficient (Wildman–Crippen LogP) is 2.88. The van der Waals surface area contributed by atoms with Gasteiger partial charge in [0.05, 0.1) is 10.7 Å². The van der Waals surface area contributed by atoms with Gasteiger partial charge in [0, 0.05) is 18.7 Å². The molecule has 0 aromatic carbocycles. The van der Waals surface area contributed by atoms with Crippen LogP contribution >= 0.6 is 15.9 Å². The van der Waals surface area contributed by atoms with Gasteiger partial charge < -0.3 is 9.73 Å². The van der Waals surface area contributed by atoms with Crippen LogP contribution in [0.5, 0.6) is 0 Å². The second kappa shape index (κ2) is 5.12. The monoisotopic (exact) mass is 281 g/mol. The molecule has 2 aromatic heterocycles. The summed E-state index contributed by atoms with van der Waals surface area (Å²) in [4.78, 5) is 8.06. The van der Waals surface area contributed by atoms with Gasteiger partial charge in [-0.25, -0.2) is 9.97 Å². The molecule has 84 valence electrons. The molecule has 0 saturated heterocycles. The number of hydrogen-bond donors (Lipinski definition) is 1. The van der Waals surface area contributed by atoms with E-state index in [2.05, 4.69) is 38.1 Å². The number of nitrogens with one attached hydrogen (secondary N) is 1. The van der Waals surface area contributed by atoms with E-state index in [1.807, 2.05) is 12.1 Å². The van der Waals surface area contributed by atoms with Crippen molar-refractivity contribution in [2.45, 2.75) is 19.4 Å². The summed E-state index contributed by atoms with van der Waals surface area (Å²) in [6.45, 7) is 2.08. The van der Waals surface area contributed by atoms with E-state index >= 15 is 0 Å². The van der Waals surface area contributed by atoms with Crippen LogP contribution in [-0.4, -0.2) is 16.0 Å². The number of rotatable bonds is 4. The molecular weight excluding hydrogens is 270 g/mol. The third-order valence-corrected chi connectivity index (χ3v) is 2.72. The van der Waals surface area contributed by atoms with E-state index in [1.54, 1.807) is 12.5 Å². The molecular formula is C11H12BrN3O. The molecule has 0 amide bonds. The average molecular weight is 282 g/mol. The first kappa shape index (κ1) is 11.1. The van der Waals surface area contributed by atoms with E-state index in [4.69, 9.17) is 4.42 Å². The lowest BCUT2D eigenvalue weighted by Crippen LogP contribution is -2.18. The molecule has 5 heteroatoms. The van der Waals surface area contributed by atoms with Crippen molar-refractivity contribution < 1.29 is 4.42 Å². The molecule has 2 heterocycles. The molecule has 0 aliphatic rings. The quantitative estimate of drug-likeness (QED) is 0.936. The van der Waals surface area contributed by atoms with Crippen LogP contribution < -0.4 is 5.32 Å². The fourth-order valence-electron chi connectivity index (χ4n) is 1.43. The van der Waals surface area contributed by atoms with E-state index in [9.17, 15) is 0 Å². The summed E-state index contributed by atoms with van der Waals surface area (Å²) in [6.07, 6.45) is 5.74. The summed E-state index contributed by atoms with van der Waals surface area (Å²) in [7, 11) is 0. The van der Waals surface area contributed by atoms with E-state index in [1.165, 1.54) is 6.33 Å². The van der Waals surface area contributed by atoms with Gasteiger partial charge in [0.1, 0.15) is 17.9 Å². The summed E-state index contributed by atoms with van der Waals surface area (Å²) in [6, 6.07) is 4.10. The minimum atomic E-state index is 0.248. The largest absolute Gasteiger partial charge is 0.469 e. The van der Waals surface area contributed by atoms with E-state index < -0.39 is 0 Å². The number of nitrogens with zero attached hydrogens (tertiary/aromatic N) is 2. The molecule has 4 nitrogen and oxygen atoms in total. The molecule has 0 aliphatic heterocycles. The second-order valence-electron chi connectivity index (χ2n) is 3.55. The maximum atomic E-state index is 5.29. The van der Waals surface area contributed by atoms with Crippen molar-refractivity contribution in [3.05, 3.63) is 41.2 Å². The highest BCUT2D eigenvalue weighted by Gasteiger charge is 2.08. The Hall–Kier alpha value is -1.36. The van der Waals surface area contributed by atoms with Gasteiger partial charge in [0.15, 0.2) is 0 Å². The van der Waals surface area contributed by atoms with Crippen LogP contribution in [0, 0.1) is 0 Å². The van der Waals surface area contributed by atoms with E-state index in [0.29, 0.717) is 0 Å². The van der Waals surface area contributed by atoms with Crippen molar-refractivity contribution in [3.8, 4) is 0 Å². The lowest BCUT2D eigenvalue weighted by Gasteiger charge is -2.13. The van der Waals surface area contributed by atoms with E-state index in [0.717, 1.165) is 22.5 Å². The number of hydrogen-bond acceptors (Lipinski definition) is 4. The lowest BCUT2D eigenvalue weighted by molar-refractivity contribution is 0.497. The Balaban J connectivity index is 1.97. The highest BCUT2D eigenvalue weighted by molar-refractivity contribution is 9.10. The zero-order valence-electron chi connectivity index (χ0n) is 8.85. The summed E-state index contributed by atoms with van der Waals surface area (Å²) in [5.41, 5.74) is 0. The molecule has 0 aliphatic carbocycles. The van der Waals surface area contributed by atoms with Gasteiger partial charge in [0.25, 0.3) is 0 Å². The summed E-state index contributed by atoms with van der Waals surface area (Å²) < 4.78 is 6.15. The minimum Gasteiger partial charge on any atom is -0.469 e. The van der Waals surface area contributed by atoms with Crippen molar-refractivity contribution in [1.82, 2.24) is 9.97 Å². The first-order chi connectivity index (χ1) is 7.75. The lowest BCUT2D eigenvalue weighted by atomic mass is 10.2. The zero-order valence-corrected chi connectivity index (χ0v) is 10.4. The average Bonchev–Trinajstić information content (AvgIpc) is 2.74. The van der Waals surface area contributed by atoms with Gasteiger partial charge in [-0.3, -0.25) is 0 Å². The molecule has 2 aromatic rings. The van der Waals surface area contributed by atoms with Gasteiger partial charge in [-0.05, 0) is 35.0 Å². The Morgan fingerprint density at radius 2 is 2.44 bits per heavy atom. The van der Waals surface area contributed by atoms with Crippen LogP contribution in [0.15, 0.2) is 39.8 Å². The Kier molecular flexibility index (Phi) is 3.56. The van der Waals surface area contributed by atoms with Crippen LogP contribution in [-0.2, 0) is 6.42 Å². The fourth-order valence-corrected chi connectivity index (χ4v) is 1.77. The van der Waals surface area contributed by atoms with Crippen molar-refractivity contribution in [3.63, 3.8) is 0 Å². The molecule has 2 rings (SSSR count). The van der Waals surface area contributed by atoms with Gasteiger partial charge >= 0.3 is 0 Å². The van der Waals surface area contributed by atoms with Crippen molar-refractivity contribution in [2.24, 2.45) is 0 Å². The van der Waals surface area contributed by atoms with Crippen molar-refractivity contribution in [1.29, 1.82) is 0 Å². The molecule has 1 atom stereocenters. The summed E-state index contributed by atoms with van der Waals surface area (Å²) in [5, 5.41) is 3.29.